The van der Waals surface area contributed by atoms with Gasteiger partial charge in [0.05, 0.1) is 20.0 Å². The molecular formula is C19H26N2O6S. The van der Waals surface area contributed by atoms with Crippen LogP contribution in [0.25, 0.3) is 0 Å². The van der Waals surface area contributed by atoms with Crippen molar-refractivity contribution in [2.75, 3.05) is 27.4 Å². The number of hydrogen-bond donors (Lipinski definition) is 2. The molecule has 28 heavy (non-hydrogen) atoms. The van der Waals surface area contributed by atoms with Crippen LogP contribution in [0, 0.1) is 0 Å². The van der Waals surface area contributed by atoms with Crippen molar-refractivity contribution in [1.29, 1.82) is 0 Å². The monoisotopic (exact) mass is 410 g/mol. The van der Waals surface area contributed by atoms with Crippen molar-refractivity contribution in [3.63, 3.8) is 0 Å². The molecule has 0 saturated carbocycles. The molecule has 1 heterocycles. The molecule has 0 aliphatic heterocycles. The molecule has 0 fully saturated rings. The molecule has 1 amide bonds. The van der Waals surface area contributed by atoms with E-state index in [4.69, 9.17) is 13.9 Å². The van der Waals surface area contributed by atoms with Gasteiger partial charge in [-0.2, -0.15) is 0 Å². The van der Waals surface area contributed by atoms with E-state index in [1.54, 1.807) is 6.26 Å². The average molecular weight is 410 g/mol. The molecule has 154 valence electrons. The lowest BCUT2D eigenvalue weighted by molar-refractivity contribution is 0.0938. The summed E-state index contributed by atoms with van der Waals surface area (Å²) in [5, 5.41) is 2.87. The first-order valence-corrected chi connectivity index (χ1v) is 10.4. The van der Waals surface area contributed by atoms with Crippen LogP contribution < -0.4 is 14.8 Å². The van der Waals surface area contributed by atoms with Crippen molar-refractivity contribution < 1.29 is 27.1 Å². The summed E-state index contributed by atoms with van der Waals surface area (Å²) in [5.41, 5.74) is 0.234. The van der Waals surface area contributed by atoms with Crippen LogP contribution >= 0.6 is 0 Å². The Bertz CT molecular complexity index is 865. The predicted octanol–water partition coefficient (Wildman–Crippen LogP) is 1.96. The van der Waals surface area contributed by atoms with Gasteiger partial charge in [0.15, 0.2) is 0 Å². The third kappa shape index (κ3) is 6.08. The highest BCUT2D eigenvalue weighted by atomic mass is 32.2. The van der Waals surface area contributed by atoms with E-state index >= 15 is 0 Å². The molecule has 0 spiro atoms. The molecular weight excluding hydrogens is 384 g/mol. The molecule has 9 heteroatoms. The first-order chi connectivity index (χ1) is 13.4. The second kappa shape index (κ2) is 10.3. The van der Waals surface area contributed by atoms with Gasteiger partial charge < -0.3 is 19.2 Å². The van der Waals surface area contributed by atoms with Gasteiger partial charge in [-0.1, -0.05) is 0 Å². The average Bonchev–Trinajstić information content (AvgIpc) is 3.19. The summed E-state index contributed by atoms with van der Waals surface area (Å²) in [4.78, 5) is 12.4. The van der Waals surface area contributed by atoms with Gasteiger partial charge in [-0.15, -0.1) is 0 Å². The number of benzene rings is 1. The van der Waals surface area contributed by atoms with Crippen LogP contribution in [-0.4, -0.2) is 47.7 Å². The Morgan fingerprint density at radius 2 is 2.04 bits per heavy atom. The lowest BCUT2D eigenvalue weighted by Crippen LogP contribution is -2.33. The number of rotatable bonds is 11. The molecule has 0 saturated heterocycles. The summed E-state index contributed by atoms with van der Waals surface area (Å²) < 4.78 is 42.8. The normalized spacial score (nSPS) is 12.5. The van der Waals surface area contributed by atoms with Crippen LogP contribution in [0.15, 0.2) is 45.9 Å². The number of amides is 1. The standard InChI is InChI=1S/C19H26N2O6S/c1-14(6-8-16-5-4-11-27-16)21-19(22)15-7-9-17(26-3)18(13-15)28(23,24)20-10-12-25-2/h4-5,7,9,11,13-14,20H,6,8,10,12H2,1-3H3,(H,21,22). The summed E-state index contributed by atoms with van der Waals surface area (Å²) in [5.74, 6) is 0.649. The molecule has 0 bridgehead atoms. The summed E-state index contributed by atoms with van der Waals surface area (Å²) in [6.45, 7) is 2.23. The number of methoxy groups -OCH3 is 2. The number of aryl methyl sites for hydroxylation is 1. The first-order valence-electron chi connectivity index (χ1n) is 8.87. The quantitative estimate of drug-likeness (QED) is 0.549. The van der Waals surface area contributed by atoms with Gasteiger partial charge in [0, 0.05) is 31.7 Å². The maximum absolute atomic E-state index is 12.5. The molecule has 1 unspecified atom stereocenters. The van der Waals surface area contributed by atoms with Crippen molar-refractivity contribution in [3.05, 3.63) is 47.9 Å². The Kier molecular flexibility index (Phi) is 8.04. The molecule has 1 atom stereocenters. The molecule has 0 aliphatic rings. The van der Waals surface area contributed by atoms with Crippen molar-refractivity contribution >= 4 is 15.9 Å². The fourth-order valence-corrected chi connectivity index (χ4v) is 3.78. The molecule has 2 aromatic rings. The Morgan fingerprint density at radius 3 is 2.68 bits per heavy atom. The molecule has 0 radical (unpaired) electrons. The van der Waals surface area contributed by atoms with E-state index in [1.165, 1.54) is 32.4 Å². The Labute approximate surface area is 165 Å². The first kappa shape index (κ1) is 21.9. The lowest BCUT2D eigenvalue weighted by Gasteiger charge is -2.15. The fraction of sp³-hybridized carbons (Fsp3) is 0.421. The van der Waals surface area contributed by atoms with E-state index < -0.39 is 10.0 Å². The van der Waals surface area contributed by atoms with Crippen LogP contribution in [-0.2, 0) is 21.2 Å². The number of hydrogen-bond acceptors (Lipinski definition) is 6. The van der Waals surface area contributed by atoms with Gasteiger partial charge in [-0.25, -0.2) is 13.1 Å². The summed E-state index contributed by atoms with van der Waals surface area (Å²) in [7, 11) is -0.993. The largest absolute Gasteiger partial charge is 0.495 e. The number of carbonyl (C=O) groups is 1. The minimum atomic E-state index is -3.85. The number of furan rings is 1. The van der Waals surface area contributed by atoms with Crippen LogP contribution in [0.2, 0.25) is 0 Å². The number of sulfonamides is 1. The lowest BCUT2D eigenvalue weighted by atomic mass is 10.1. The second-order valence-electron chi connectivity index (χ2n) is 6.25. The minimum absolute atomic E-state index is 0.0954. The summed E-state index contributed by atoms with van der Waals surface area (Å²) in [6.07, 6.45) is 3.00. The van der Waals surface area contributed by atoms with Crippen LogP contribution in [0.4, 0.5) is 0 Å². The van der Waals surface area contributed by atoms with E-state index in [0.29, 0.717) is 12.8 Å². The third-order valence-corrected chi connectivity index (χ3v) is 5.58. The highest BCUT2D eigenvalue weighted by Crippen LogP contribution is 2.25. The molecule has 2 rings (SSSR count). The van der Waals surface area contributed by atoms with Crippen molar-refractivity contribution in [2.45, 2.75) is 30.7 Å². The molecule has 2 N–H and O–H groups in total. The van der Waals surface area contributed by atoms with Crippen molar-refractivity contribution in [3.8, 4) is 5.75 Å². The van der Waals surface area contributed by atoms with Crippen molar-refractivity contribution in [1.82, 2.24) is 10.0 Å². The molecule has 8 nitrogen and oxygen atoms in total. The zero-order chi connectivity index (χ0) is 20.6. The maximum Gasteiger partial charge on any atom is 0.251 e. The van der Waals surface area contributed by atoms with Gasteiger partial charge in [0.1, 0.15) is 16.4 Å². The van der Waals surface area contributed by atoms with Gasteiger partial charge in [-0.05, 0) is 43.7 Å². The number of ether oxygens (including phenoxy) is 2. The highest BCUT2D eigenvalue weighted by molar-refractivity contribution is 7.89. The Morgan fingerprint density at radius 1 is 1.25 bits per heavy atom. The van der Waals surface area contributed by atoms with E-state index in [0.717, 1.165) is 5.76 Å². The summed E-state index contributed by atoms with van der Waals surface area (Å²) >= 11 is 0. The second-order valence-corrected chi connectivity index (χ2v) is 7.98. The SMILES string of the molecule is COCCNS(=O)(=O)c1cc(C(=O)NC(C)CCc2ccco2)ccc1OC. The van der Waals surface area contributed by atoms with Gasteiger partial charge >= 0.3 is 0 Å². The zero-order valence-corrected chi connectivity index (χ0v) is 17.0. The minimum Gasteiger partial charge on any atom is -0.495 e. The number of carbonyl (C=O) groups excluding carboxylic acids is 1. The topological polar surface area (TPSA) is 107 Å². The van der Waals surface area contributed by atoms with Crippen LogP contribution in [0.5, 0.6) is 5.75 Å². The van der Waals surface area contributed by atoms with E-state index in [2.05, 4.69) is 10.0 Å². The van der Waals surface area contributed by atoms with E-state index in [1.807, 2.05) is 19.1 Å². The predicted molar refractivity (Wildman–Crippen MR) is 104 cm³/mol. The number of nitrogens with one attached hydrogen (secondary N) is 2. The van der Waals surface area contributed by atoms with Crippen LogP contribution in [0.1, 0.15) is 29.5 Å². The smallest absolute Gasteiger partial charge is 0.251 e. The fourth-order valence-electron chi connectivity index (χ4n) is 2.58. The van der Waals surface area contributed by atoms with E-state index in [9.17, 15) is 13.2 Å². The zero-order valence-electron chi connectivity index (χ0n) is 16.2. The molecule has 1 aromatic heterocycles. The van der Waals surface area contributed by atoms with Gasteiger partial charge in [0.2, 0.25) is 10.0 Å². The van der Waals surface area contributed by atoms with E-state index in [-0.39, 0.29) is 41.3 Å². The molecule has 1 aromatic carbocycles. The van der Waals surface area contributed by atoms with Crippen molar-refractivity contribution in [2.24, 2.45) is 0 Å². The Balaban J connectivity index is 2.09. The van der Waals surface area contributed by atoms with Crippen LogP contribution in [0.3, 0.4) is 0 Å². The van der Waals surface area contributed by atoms with Gasteiger partial charge in [-0.3, -0.25) is 4.79 Å². The Hall–Kier alpha value is -2.36. The van der Waals surface area contributed by atoms with Gasteiger partial charge in [0.25, 0.3) is 5.91 Å². The maximum atomic E-state index is 12.5. The molecule has 0 aliphatic carbocycles. The summed E-state index contributed by atoms with van der Waals surface area (Å²) in [6, 6.07) is 7.89. The third-order valence-electron chi connectivity index (χ3n) is 4.09. The highest BCUT2D eigenvalue weighted by Gasteiger charge is 2.22.